The van der Waals surface area contributed by atoms with E-state index in [9.17, 15) is 9.59 Å². The largest absolute Gasteiger partial charge is 0.464 e. The highest BCUT2D eigenvalue weighted by atomic mass is 16.5. The average molecular weight is 332 g/mol. The molecule has 0 unspecified atom stereocenters. The number of carbonyl (C=O) groups is 2. The fourth-order valence-corrected chi connectivity index (χ4v) is 4.37. The molecule has 1 saturated carbocycles. The lowest BCUT2D eigenvalue weighted by molar-refractivity contribution is -0.133. The molecule has 0 N–H and O–H groups in total. The van der Waals surface area contributed by atoms with Gasteiger partial charge in [0.15, 0.2) is 5.69 Å². The van der Waals surface area contributed by atoms with E-state index in [0.29, 0.717) is 24.8 Å². The smallest absolute Gasteiger partial charge is 0.358 e. The fraction of sp³-hybridized carbons (Fsp3) is 0.706. The molecule has 2 aliphatic heterocycles. The van der Waals surface area contributed by atoms with E-state index in [2.05, 4.69) is 10.00 Å². The Morgan fingerprint density at radius 3 is 2.92 bits per heavy atom. The molecule has 1 aromatic rings. The van der Waals surface area contributed by atoms with Crippen LogP contribution in [0.3, 0.4) is 0 Å². The number of likely N-dealkylation sites (tertiary alicyclic amines) is 1. The van der Waals surface area contributed by atoms with Crippen LogP contribution in [0.1, 0.15) is 41.9 Å². The molecule has 1 amide bonds. The second-order valence-electron chi connectivity index (χ2n) is 7.17. The zero-order valence-electron chi connectivity index (χ0n) is 14.1. The van der Waals surface area contributed by atoms with Crippen LogP contribution in [-0.2, 0) is 22.6 Å². The standard InChI is InChI=1S/C17H24N4O3/c1-24-17(23)15-8-14-10-19(5-2-6-21(14)18-15)16(22)11-20-9-12-3-4-13(20)7-12/h8,12-13H,2-7,9-11H2,1H3/t12-,13-/m0/s1. The van der Waals surface area contributed by atoms with Crippen LogP contribution in [0.2, 0.25) is 0 Å². The Kier molecular flexibility index (Phi) is 4.04. The van der Waals surface area contributed by atoms with Gasteiger partial charge in [-0.2, -0.15) is 5.10 Å². The van der Waals surface area contributed by atoms with Crippen molar-refractivity contribution in [2.24, 2.45) is 5.92 Å². The summed E-state index contributed by atoms with van der Waals surface area (Å²) >= 11 is 0. The van der Waals surface area contributed by atoms with Crippen LogP contribution < -0.4 is 0 Å². The predicted molar refractivity (Wildman–Crippen MR) is 86.3 cm³/mol. The molecule has 24 heavy (non-hydrogen) atoms. The maximum Gasteiger partial charge on any atom is 0.358 e. The van der Waals surface area contributed by atoms with Crippen LogP contribution in [0.25, 0.3) is 0 Å². The van der Waals surface area contributed by atoms with Crippen molar-refractivity contribution in [3.05, 3.63) is 17.5 Å². The lowest BCUT2D eigenvalue weighted by Gasteiger charge is -2.29. The summed E-state index contributed by atoms with van der Waals surface area (Å²) in [5.74, 6) is 0.564. The van der Waals surface area contributed by atoms with Crippen LogP contribution in [0.4, 0.5) is 0 Å². The van der Waals surface area contributed by atoms with Crippen LogP contribution in [0.5, 0.6) is 0 Å². The molecule has 7 nitrogen and oxygen atoms in total. The first-order chi connectivity index (χ1) is 11.6. The molecular weight excluding hydrogens is 308 g/mol. The summed E-state index contributed by atoms with van der Waals surface area (Å²) in [4.78, 5) is 28.7. The Balaban J connectivity index is 1.43. The zero-order chi connectivity index (χ0) is 16.7. The summed E-state index contributed by atoms with van der Waals surface area (Å²) in [5.41, 5.74) is 1.22. The molecule has 1 aromatic heterocycles. The van der Waals surface area contributed by atoms with E-state index >= 15 is 0 Å². The van der Waals surface area contributed by atoms with Crippen molar-refractivity contribution < 1.29 is 14.3 Å². The first-order valence-corrected chi connectivity index (χ1v) is 8.81. The van der Waals surface area contributed by atoms with E-state index in [1.54, 1.807) is 6.07 Å². The highest BCUT2D eigenvalue weighted by Crippen LogP contribution is 2.37. The first-order valence-electron chi connectivity index (χ1n) is 8.81. The Morgan fingerprint density at radius 1 is 1.33 bits per heavy atom. The van der Waals surface area contributed by atoms with Gasteiger partial charge in [-0.1, -0.05) is 0 Å². The Labute approximate surface area is 141 Å². The number of aryl methyl sites for hydroxylation is 1. The fourth-order valence-electron chi connectivity index (χ4n) is 4.37. The molecule has 0 spiro atoms. The van der Waals surface area contributed by atoms with Crippen LogP contribution in [0.15, 0.2) is 6.07 Å². The van der Waals surface area contributed by atoms with E-state index in [0.717, 1.165) is 37.7 Å². The maximum absolute atomic E-state index is 12.8. The second-order valence-corrected chi connectivity index (χ2v) is 7.17. The summed E-state index contributed by atoms with van der Waals surface area (Å²) in [5, 5.41) is 4.30. The quantitative estimate of drug-likeness (QED) is 0.769. The number of piperidine rings is 1. The van der Waals surface area contributed by atoms with Gasteiger partial charge in [-0.3, -0.25) is 14.4 Å². The average Bonchev–Trinajstić information content (AvgIpc) is 3.26. The molecule has 2 atom stereocenters. The summed E-state index contributed by atoms with van der Waals surface area (Å²) in [6.45, 7) is 3.60. The summed E-state index contributed by atoms with van der Waals surface area (Å²) in [7, 11) is 1.35. The van der Waals surface area contributed by atoms with Gasteiger partial charge in [0, 0.05) is 25.7 Å². The highest BCUT2D eigenvalue weighted by Gasteiger charge is 2.39. The minimum absolute atomic E-state index is 0.191. The number of rotatable bonds is 3. The number of aromatic nitrogens is 2. The normalized spacial score (nSPS) is 26.3. The van der Waals surface area contributed by atoms with Crippen LogP contribution in [0, 0.1) is 5.92 Å². The number of carbonyl (C=O) groups excluding carboxylic acids is 2. The molecule has 0 radical (unpaired) electrons. The predicted octanol–water partition coefficient (Wildman–Crippen LogP) is 0.886. The van der Waals surface area contributed by atoms with Crippen molar-refractivity contribution in [2.75, 3.05) is 26.7 Å². The van der Waals surface area contributed by atoms with Crippen molar-refractivity contribution >= 4 is 11.9 Å². The van der Waals surface area contributed by atoms with Gasteiger partial charge in [0.2, 0.25) is 5.91 Å². The Bertz CT molecular complexity index is 656. The number of hydrogen-bond donors (Lipinski definition) is 0. The minimum atomic E-state index is -0.429. The third kappa shape index (κ3) is 2.81. The van der Waals surface area contributed by atoms with Gasteiger partial charge in [-0.05, 0) is 37.7 Å². The summed E-state index contributed by atoms with van der Waals surface area (Å²) < 4.78 is 6.57. The van der Waals surface area contributed by atoms with Crippen molar-refractivity contribution in [1.29, 1.82) is 0 Å². The van der Waals surface area contributed by atoms with E-state index in [-0.39, 0.29) is 5.91 Å². The molecule has 3 aliphatic rings. The van der Waals surface area contributed by atoms with Crippen molar-refractivity contribution in [3.8, 4) is 0 Å². The molecule has 0 aromatic carbocycles. The number of fused-ring (bicyclic) bond motifs is 3. The monoisotopic (exact) mass is 332 g/mol. The number of hydrogen-bond acceptors (Lipinski definition) is 5. The van der Waals surface area contributed by atoms with E-state index in [1.165, 1.54) is 26.4 Å². The number of amides is 1. The van der Waals surface area contributed by atoms with E-state index in [4.69, 9.17) is 4.74 Å². The molecule has 2 fully saturated rings. The van der Waals surface area contributed by atoms with Gasteiger partial charge in [-0.25, -0.2) is 4.79 Å². The molecule has 3 heterocycles. The topological polar surface area (TPSA) is 67.7 Å². The van der Waals surface area contributed by atoms with Gasteiger partial charge >= 0.3 is 5.97 Å². The lowest BCUT2D eigenvalue weighted by atomic mass is 10.1. The summed E-state index contributed by atoms with van der Waals surface area (Å²) in [6, 6.07) is 2.36. The second kappa shape index (κ2) is 6.20. The molecule has 2 bridgehead atoms. The SMILES string of the molecule is COC(=O)c1cc2n(n1)CCCN(C(=O)CN1C[C@H]3CC[C@H]1C3)C2. The molecule has 1 saturated heterocycles. The van der Waals surface area contributed by atoms with Crippen LogP contribution in [-0.4, -0.2) is 64.2 Å². The van der Waals surface area contributed by atoms with Crippen molar-refractivity contribution in [2.45, 2.75) is 44.8 Å². The summed E-state index contributed by atoms with van der Waals surface area (Å²) in [6.07, 6.45) is 4.69. The molecule has 1 aliphatic carbocycles. The third-order valence-electron chi connectivity index (χ3n) is 5.62. The van der Waals surface area contributed by atoms with Crippen LogP contribution >= 0.6 is 0 Å². The first kappa shape index (κ1) is 15.6. The van der Waals surface area contributed by atoms with Gasteiger partial charge in [0.25, 0.3) is 0 Å². The highest BCUT2D eigenvalue weighted by molar-refractivity contribution is 5.87. The van der Waals surface area contributed by atoms with E-state index in [1.807, 2.05) is 9.58 Å². The third-order valence-corrected chi connectivity index (χ3v) is 5.62. The van der Waals surface area contributed by atoms with E-state index < -0.39 is 5.97 Å². The maximum atomic E-state index is 12.8. The molecule has 7 heteroatoms. The number of ether oxygens (including phenoxy) is 1. The minimum Gasteiger partial charge on any atom is -0.464 e. The van der Waals surface area contributed by atoms with Gasteiger partial charge in [-0.15, -0.1) is 0 Å². The molecule has 130 valence electrons. The Hall–Kier alpha value is -1.89. The zero-order valence-corrected chi connectivity index (χ0v) is 14.1. The lowest BCUT2D eigenvalue weighted by Crippen LogP contribution is -2.43. The van der Waals surface area contributed by atoms with Gasteiger partial charge in [0.1, 0.15) is 0 Å². The molecular formula is C17H24N4O3. The Morgan fingerprint density at radius 2 is 2.21 bits per heavy atom. The van der Waals surface area contributed by atoms with Gasteiger partial charge in [0.05, 0.1) is 25.9 Å². The number of nitrogens with zero attached hydrogens (tertiary/aromatic N) is 4. The number of methoxy groups -OCH3 is 1. The number of esters is 1. The molecule has 4 rings (SSSR count). The van der Waals surface area contributed by atoms with Crippen molar-refractivity contribution in [1.82, 2.24) is 19.6 Å². The van der Waals surface area contributed by atoms with Crippen molar-refractivity contribution in [3.63, 3.8) is 0 Å². The van der Waals surface area contributed by atoms with Gasteiger partial charge < -0.3 is 9.64 Å².